The van der Waals surface area contributed by atoms with Crippen molar-refractivity contribution in [2.45, 2.75) is 38.6 Å². The van der Waals surface area contributed by atoms with Gasteiger partial charge in [-0.3, -0.25) is 0 Å². The van der Waals surface area contributed by atoms with E-state index in [2.05, 4.69) is 28.8 Å². The van der Waals surface area contributed by atoms with Gasteiger partial charge in [0.2, 0.25) is 0 Å². The summed E-state index contributed by atoms with van der Waals surface area (Å²) in [7, 11) is 2.09. The van der Waals surface area contributed by atoms with Gasteiger partial charge in [0.15, 0.2) is 0 Å². The lowest BCUT2D eigenvalue weighted by Gasteiger charge is -2.34. The lowest BCUT2D eigenvalue weighted by atomic mass is 9.87. The van der Waals surface area contributed by atoms with Gasteiger partial charge in [0.1, 0.15) is 16.5 Å². The third kappa shape index (κ3) is 2.96. The molecule has 0 amide bonds. The van der Waals surface area contributed by atoms with Crippen molar-refractivity contribution in [3.05, 3.63) is 18.1 Å². The summed E-state index contributed by atoms with van der Waals surface area (Å²) < 4.78 is 0. The van der Waals surface area contributed by atoms with E-state index in [1.54, 1.807) is 12.4 Å². The largest absolute Gasteiger partial charge is 0.388 e. The Morgan fingerprint density at radius 2 is 1.94 bits per heavy atom. The molecule has 0 aromatic carbocycles. The van der Waals surface area contributed by atoms with Gasteiger partial charge >= 0.3 is 0 Å². The Kier molecular flexibility index (Phi) is 4.11. The van der Waals surface area contributed by atoms with Crippen molar-refractivity contribution in [3.63, 3.8) is 0 Å². The Morgan fingerprint density at radius 3 is 2.44 bits per heavy atom. The van der Waals surface area contributed by atoms with E-state index < -0.39 is 0 Å². The molecule has 98 valence electrons. The molecule has 0 bridgehead atoms. The highest BCUT2D eigenvalue weighted by Gasteiger charge is 2.22. The first-order valence-corrected chi connectivity index (χ1v) is 6.83. The maximum atomic E-state index is 5.51. The van der Waals surface area contributed by atoms with Gasteiger partial charge in [-0.25, -0.2) is 9.97 Å². The zero-order valence-electron chi connectivity index (χ0n) is 11.0. The number of hydrogen-bond acceptors (Lipinski definition) is 4. The molecule has 0 unspecified atom stereocenters. The van der Waals surface area contributed by atoms with Gasteiger partial charge in [0.25, 0.3) is 0 Å². The van der Waals surface area contributed by atoms with Crippen molar-refractivity contribution >= 4 is 23.0 Å². The summed E-state index contributed by atoms with van der Waals surface area (Å²) in [5.74, 6) is 1.76. The second kappa shape index (κ2) is 5.61. The Bertz CT molecular complexity index is 410. The number of rotatable bonds is 3. The first-order valence-electron chi connectivity index (χ1n) is 6.42. The predicted molar refractivity (Wildman–Crippen MR) is 77.7 cm³/mol. The van der Waals surface area contributed by atoms with Crippen molar-refractivity contribution in [2.75, 3.05) is 11.9 Å². The molecule has 1 saturated carbocycles. The molecule has 0 spiro atoms. The number of hydrogen-bond donors (Lipinski definition) is 1. The minimum atomic E-state index is 0.295. The molecular formula is C13H20N4S. The lowest BCUT2D eigenvalue weighted by molar-refractivity contribution is 0.340. The van der Waals surface area contributed by atoms with Gasteiger partial charge < -0.3 is 10.6 Å². The van der Waals surface area contributed by atoms with Crippen molar-refractivity contribution in [1.29, 1.82) is 0 Å². The Morgan fingerprint density at radius 1 is 1.28 bits per heavy atom. The monoisotopic (exact) mass is 264 g/mol. The van der Waals surface area contributed by atoms with E-state index in [4.69, 9.17) is 18.0 Å². The molecule has 2 N–H and O–H groups in total. The molecule has 2 rings (SSSR count). The van der Waals surface area contributed by atoms with Gasteiger partial charge in [0.05, 0.1) is 12.4 Å². The molecule has 4 nitrogen and oxygen atoms in total. The second-order valence-electron chi connectivity index (χ2n) is 5.15. The van der Waals surface area contributed by atoms with Gasteiger partial charge in [-0.15, -0.1) is 0 Å². The molecule has 5 heteroatoms. The van der Waals surface area contributed by atoms with Crippen LogP contribution in [0.5, 0.6) is 0 Å². The number of nitrogens with two attached hydrogens (primary N) is 1. The fourth-order valence-corrected chi connectivity index (χ4v) is 2.55. The van der Waals surface area contributed by atoms with Crippen LogP contribution in [0.4, 0.5) is 5.82 Å². The number of thiocarbonyl (C=S) groups is 1. The SMILES string of the molecule is CC1CCC(N(C)c2cnc(C(N)=S)cn2)CC1. The summed E-state index contributed by atoms with van der Waals surface area (Å²) in [5.41, 5.74) is 6.10. The number of nitrogens with zero attached hydrogens (tertiary/aromatic N) is 3. The van der Waals surface area contributed by atoms with Crippen molar-refractivity contribution in [1.82, 2.24) is 9.97 Å². The van der Waals surface area contributed by atoms with Crippen LogP contribution >= 0.6 is 12.2 Å². The van der Waals surface area contributed by atoms with E-state index in [-0.39, 0.29) is 0 Å². The summed E-state index contributed by atoms with van der Waals surface area (Å²) in [6.45, 7) is 2.33. The van der Waals surface area contributed by atoms with Crippen LogP contribution in [0.25, 0.3) is 0 Å². The summed E-state index contributed by atoms with van der Waals surface area (Å²) in [6, 6.07) is 0.575. The summed E-state index contributed by atoms with van der Waals surface area (Å²) in [4.78, 5) is 11.1. The maximum Gasteiger partial charge on any atom is 0.147 e. The fourth-order valence-electron chi connectivity index (χ4n) is 2.45. The molecule has 1 aromatic rings. The van der Waals surface area contributed by atoms with E-state index in [1.807, 2.05) is 0 Å². The van der Waals surface area contributed by atoms with Crippen LogP contribution in [0.1, 0.15) is 38.3 Å². The molecule has 0 radical (unpaired) electrons. The second-order valence-corrected chi connectivity index (χ2v) is 5.59. The minimum Gasteiger partial charge on any atom is -0.388 e. The predicted octanol–water partition coefficient (Wildman–Crippen LogP) is 2.13. The normalized spacial score (nSPS) is 23.7. The summed E-state index contributed by atoms with van der Waals surface area (Å²) in [6.07, 6.45) is 8.47. The Labute approximate surface area is 114 Å². The van der Waals surface area contributed by atoms with E-state index in [1.165, 1.54) is 25.7 Å². The quantitative estimate of drug-likeness (QED) is 0.848. The van der Waals surface area contributed by atoms with Crippen LogP contribution in [0.15, 0.2) is 12.4 Å². The maximum absolute atomic E-state index is 5.51. The Hall–Kier alpha value is -1.23. The van der Waals surface area contributed by atoms with E-state index in [0.717, 1.165) is 11.7 Å². The molecule has 0 saturated heterocycles. The van der Waals surface area contributed by atoms with Crippen LogP contribution in [0, 0.1) is 5.92 Å². The molecule has 1 aliphatic carbocycles. The van der Waals surface area contributed by atoms with Crippen LogP contribution in [0.2, 0.25) is 0 Å². The van der Waals surface area contributed by atoms with Crippen LogP contribution in [-0.2, 0) is 0 Å². The minimum absolute atomic E-state index is 0.295. The van der Waals surface area contributed by atoms with Crippen molar-refractivity contribution < 1.29 is 0 Å². The van der Waals surface area contributed by atoms with Crippen LogP contribution in [0.3, 0.4) is 0 Å². The molecule has 1 aliphatic rings. The van der Waals surface area contributed by atoms with Gasteiger partial charge in [-0.2, -0.15) is 0 Å². The summed E-state index contributed by atoms with van der Waals surface area (Å²) in [5, 5.41) is 0. The first-order chi connectivity index (χ1) is 8.58. The van der Waals surface area contributed by atoms with E-state index in [0.29, 0.717) is 16.7 Å². The highest BCUT2D eigenvalue weighted by molar-refractivity contribution is 7.80. The highest BCUT2D eigenvalue weighted by Crippen LogP contribution is 2.28. The smallest absolute Gasteiger partial charge is 0.147 e. The van der Waals surface area contributed by atoms with Crippen molar-refractivity contribution in [3.8, 4) is 0 Å². The van der Waals surface area contributed by atoms with E-state index in [9.17, 15) is 0 Å². The topological polar surface area (TPSA) is 55.0 Å². The third-order valence-corrected chi connectivity index (χ3v) is 3.99. The highest BCUT2D eigenvalue weighted by atomic mass is 32.1. The number of anilines is 1. The molecule has 0 aliphatic heterocycles. The summed E-state index contributed by atoms with van der Waals surface area (Å²) >= 11 is 4.87. The van der Waals surface area contributed by atoms with Gasteiger partial charge in [0, 0.05) is 13.1 Å². The van der Waals surface area contributed by atoms with Gasteiger partial charge in [-0.05, 0) is 31.6 Å². The third-order valence-electron chi connectivity index (χ3n) is 3.79. The molecule has 0 atom stereocenters. The Balaban J connectivity index is 2.04. The lowest BCUT2D eigenvalue weighted by Crippen LogP contribution is -2.35. The fraction of sp³-hybridized carbons (Fsp3) is 0.615. The molecule has 1 fully saturated rings. The standard InChI is InChI=1S/C13H20N4S/c1-9-3-5-10(6-4-9)17(2)12-8-15-11(7-16-12)13(14)18/h7-10H,3-6H2,1-2H3,(H2,14,18). The average molecular weight is 264 g/mol. The molecule has 18 heavy (non-hydrogen) atoms. The van der Waals surface area contributed by atoms with Crippen LogP contribution in [-0.4, -0.2) is 28.0 Å². The zero-order valence-corrected chi connectivity index (χ0v) is 11.8. The van der Waals surface area contributed by atoms with Gasteiger partial charge in [-0.1, -0.05) is 19.1 Å². The van der Waals surface area contributed by atoms with Crippen LogP contribution < -0.4 is 10.6 Å². The molecule has 1 aromatic heterocycles. The zero-order chi connectivity index (χ0) is 13.1. The molecule has 1 heterocycles. The first kappa shape index (κ1) is 13.2. The molecular weight excluding hydrogens is 244 g/mol. The van der Waals surface area contributed by atoms with Crippen molar-refractivity contribution in [2.24, 2.45) is 11.7 Å². The van der Waals surface area contributed by atoms with E-state index >= 15 is 0 Å². The average Bonchev–Trinajstić information content (AvgIpc) is 2.39. The number of aromatic nitrogens is 2.